The van der Waals surface area contributed by atoms with Crippen molar-refractivity contribution in [2.24, 2.45) is 0 Å². The summed E-state index contributed by atoms with van der Waals surface area (Å²) >= 11 is 0. The van der Waals surface area contributed by atoms with Gasteiger partial charge in [-0.25, -0.2) is 0 Å². The molecular weight excluding hydrogens is 484 g/mol. The summed E-state index contributed by atoms with van der Waals surface area (Å²) in [7, 11) is 1.61. The fourth-order valence-corrected chi connectivity index (χ4v) is 4.58. The number of hydrogen-bond acceptors (Lipinski definition) is 4. The zero-order chi connectivity index (χ0) is 28.4. The lowest BCUT2D eigenvalue weighted by molar-refractivity contribution is -0.116. The van der Waals surface area contributed by atoms with Crippen LogP contribution in [0.15, 0.2) is 72.8 Å². The molecule has 0 heterocycles. The minimum Gasteiger partial charge on any atom is -0.497 e. The Morgan fingerprint density at radius 2 is 1.08 bits per heavy atom. The number of hydrogen-bond donors (Lipinski definition) is 0. The van der Waals surface area contributed by atoms with Crippen LogP contribution in [0.1, 0.15) is 111 Å². The zero-order valence-corrected chi connectivity index (χ0v) is 24.8. The Morgan fingerprint density at radius 1 is 0.641 bits per heavy atom. The third-order valence-electron chi connectivity index (χ3n) is 7.52. The number of benzene rings is 3. The molecule has 0 spiro atoms. The van der Waals surface area contributed by atoms with Crippen LogP contribution in [0.25, 0.3) is 0 Å². The topological polar surface area (TPSA) is 44.8 Å². The molecule has 4 heteroatoms. The third kappa shape index (κ3) is 9.05. The lowest BCUT2D eigenvalue weighted by atomic mass is 9.93. The molecule has 0 radical (unpaired) electrons. The van der Waals surface area contributed by atoms with Crippen LogP contribution in [-0.4, -0.2) is 32.4 Å². The number of ether oxygens (including phenoxy) is 3. The summed E-state index contributed by atoms with van der Waals surface area (Å²) < 4.78 is 17.5. The van der Waals surface area contributed by atoms with E-state index in [9.17, 15) is 4.79 Å². The van der Waals surface area contributed by atoms with E-state index < -0.39 is 6.29 Å². The van der Waals surface area contributed by atoms with Crippen molar-refractivity contribution in [2.45, 2.75) is 84.3 Å². The minimum atomic E-state index is -0.943. The fourth-order valence-electron chi connectivity index (χ4n) is 4.58. The van der Waals surface area contributed by atoms with E-state index in [4.69, 9.17) is 14.2 Å². The Labute approximate surface area is 235 Å². The lowest BCUT2D eigenvalue weighted by Crippen LogP contribution is -2.29. The lowest BCUT2D eigenvalue weighted by Gasteiger charge is -2.21. The highest BCUT2D eigenvalue weighted by Crippen LogP contribution is 2.26. The van der Waals surface area contributed by atoms with Crippen molar-refractivity contribution < 1.29 is 19.0 Å². The van der Waals surface area contributed by atoms with Gasteiger partial charge in [0.25, 0.3) is 0 Å². The maximum Gasteiger partial charge on any atom is 0.222 e. The summed E-state index contributed by atoms with van der Waals surface area (Å²) in [6.45, 7) is 14.1. The van der Waals surface area contributed by atoms with E-state index in [1.165, 1.54) is 22.3 Å². The Morgan fingerprint density at radius 3 is 1.49 bits per heavy atom. The molecule has 0 aliphatic rings. The second-order valence-corrected chi connectivity index (χ2v) is 11.2. The first-order valence-corrected chi connectivity index (χ1v) is 14.3. The van der Waals surface area contributed by atoms with Gasteiger partial charge in [-0.05, 0) is 83.0 Å². The van der Waals surface area contributed by atoms with Crippen LogP contribution in [0.2, 0.25) is 0 Å². The smallest absolute Gasteiger partial charge is 0.222 e. The molecule has 0 saturated heterocycles. The van der Waals surface area contributed by atoms with Crippen LogP contribution >= 0.6 is 0 Å². The molecule has 3 aromatic rings. The number of methoxy groups -OCH3 is 1. The fraction of sp³-hybridized carbons (Fsp3) is 0.457. The van der Waals surface area contributed by atoms with E-state index >= 15 is 0 Å². The highest BCUT2D eigenvalue weighted by molar-refractivity contribution is 5.98. The highest BCUT2D eigenvalue weighted by Gasteiger charge is 2.23. The summed E-state index contributed by atoms with van der Waals surface area (Å²) in [6, 6.07) is 24.6. The van der Waals surface area contributed by atoms with Gasteiger partial charge in [-0.3, -0.25) is 4.79 Å². The van der Waals surface area contributed by atoms with Crippen LogP contribution < -0.4 is 4.74 Å². The van der Waals surface area contributed by atoms with E-state index in [-0.39, 0.29) is 5.78 Å². The van der Waals surface area contributed by atoms with Crippen molar-refractivity contribution in [3.8, 4) is 5.75 Å². The average molecular weight is 531 g/mol. The molecule has 0 saturated carbocycles. The standard InChI is InChI=1S/C35H46O4/c1-24(2)29-10-8-12-31(22-29)26(5)18-20-38-35(34(36)28-14-16-33(37-7)17-15-28)39-21-19-27(6)32-13-9-11-30(23-32)25(3)4/h8-17,22-27,35H,18-21H2,1-7H3. The summed E-state index contributed by atoms with van der Waals surface area (Å²) in [5, 5.41) is 0. The van der Waals surface area contributed by atoms with Crippen molar-refractivity contribution in [2.75, 3.05) is 20.3 Å². The van der Waals surface area contributed by atoms with Crippen LogP contribution in [0.3, 0.4) is 0 Å². The predicted octanol–water partition coefficient (Wildman–Crippen LogP) is 8.87. The quantitative estimate of drug-likeness (QED) is 0.145. The van der Waals surface area contributed by atoms with Gasteiger partial charge in [-0.1, -0.05) is 90.1 Å². The van der Waals surface area contributed by atoms with Crippen molar-refractivity contribution in [1.82, 2.24) is 0 Å². The molecule has 2 atom stereocenters. The van der Waals surface area contributed by atoms with E-state index in [1.807, 2.05) is 0 Å². The highest BCUT2D eigenvalue weighted by atomic mass is 16.7. The molecule has 3 aromatic carbocycles. The van der Waals surface area contributed by atoms with E-state index in [2.05, 4.69) is 90.1 Å². The molecule has 210 valence electrons. The van der Waals surface area contributed by atoms with Crippen molar-refractivity contribution in [3.63, 3.8) is 0 Å². The van der Waals surface area contributed by atoms with Gasteiger partial charge in [0.2, 0.25) is 12.1 Å². The first-order chi connectivity index (χ1) is 18.7. The Kier molecular flexibility index (Phi) is 11.8. The Hall–Kier alpha value is -2.95. The SMILES string of the molecule is COc1ccc(C(=O)C(OCCC(C)c2cccc(C(C)C)c2)OCCC(C)c2cccc(C(C)C)c2)cc1. The number of carbonyl (C=O) groups excluding carboxylic acids is 1. The van der Waals surface area contributed by atoms with E-state index in [1.54, 1.807) is 31.4 Å². The number of rotatable bonds is 15. The van der Waals surface area contributed by atoms with Gasteiger partial charge in [0.05, 0.1) is 20.3 Å². The molecule has 39 heavy (non-hydrogen) atoms. The molecule has 0 aromatic heterocycles. The van der Waals surface area contributed by atoms with Gasteiger partial charge in [-0.2, -0.15) is 0 Å². The maximum absolute atomic E-state index is 13.4. The molecule has 0 aliphatic carbocycles. The van der Waals surface area contributed by atoms with Crippen molar-refractivity contribution >= 4 is 5.78 Å². The van der Waals surface area contributed by atoms with Gasteiger partial charge in [0.1, 0.15) is 5.75 Å². The van der Waals surface area contributed by atoms with Gasteiger partial charge in [0, 0.05) is 5.56 Å². The summed E-state index contributed by atoms with van der Waals surface area (Å²) in [6.07, 6.45) is 0.660. The maximum atomic E-state index is 13.4. The summed E-state index contributed by atoms with van der Waals surface area (Å²) in [4.78, 5) is 13.4. The van der Waals surface area contributed by atoms with Crippen molar-refractivity contribution in [1.29, 1.82) is 0 Å². The van der Waals surface area contributed by atoms with Gasteiger partial charge in [-0.15, -0.1) is 0 Å². The molecule has 0 fully saturated rings. The Balaban J connectivity index is 1.64. The Bertz CT molecular complexity index is 1100. The molecule has 4 nitrogen and oxygen atoms in total. The molecule has 3 rings (SSSR count). The van der Waals surface area contributed by atoms with E-state index in [0.717, 1.165) is 12.8 Å². The van der Waals surface area contributed by atoms with Crippen LogP contribution in [0.5, 0.6) is 5.75 Å². The molecule has 0 aliphatic heterocycles. The molecule has 2 unspecified atom stereocenters. The molecular formula is C35H46O4. The summed E-state index contributed by atoms with van der Waals surface area (Å²) in [5.74, 6) is 2.15. The second-order valence-electron chi connectivity index (χ2n) is 11.2. The second kappa shape index (κ2) is 15.0. The molecule has 0 amide bonds. The van der Waals surface area contributed by atoms with E-state index in [0.29, 0.717) is 48.2 Å². The summed E-state index contributed by atoms with van der Waals surface area (Å²) in [5.41, 5.74) is 5.81. The largest absolute Gasteiger partial charge is 0.497 e. The normalized spacial score (nSPS) is 13.9. The van der Waals surface area contributed by atoms with Crippen molar-refractivity contribution in [3.05, 3.63) is 101 Å². The minimum absolute atomic E-state index is 0.165. The predicted molar refractivity (Wildman–Crippen MR) is 160 cm³/mol. The number of ketones is 1. The third-order valence-corrected chi connectivity index (χ3v) is 7.52. The van der Waals surface area contributed by atoms with Gasteiger partial charge in [0.15, 0.2) is 0 Å². The first-order valence-electron chi connectivity index (χ1n) is 14.3. The van der Waals surface area contributed by atoms with Gasteiger partial charge >= 0.3 is 0 Å². The number of Topliss-reactive ketones (excluding diaryl/α,β-unsaturated/α-hetero) is 1. The molecule has 0 N–H and O–H groups in total. The van der Waals surface area contributed by atoms with Gasteiger partial charge < -0.3 is 14.2 Å². The number of carbonyl (C=O) groups is 1. The first kappa shape index (κ1) is 30.6. The zero-order valence-electron chi connectivity index (χ0n) is 24.8. The molecule has 0 bridgehead atoms. The van der Waals surface area contributed by atoms with Crippen LogP contribution in [0.4, 0.5) is 0 Å². The van der Waals surface area contributed by atoms with Crippen LogP contribution in [0, 0.1) is 0 Å². The monoisotopic (exact) mass is 530 g/mol. The average Bonchev–Trinajstić information content (AvgIpc) is 2.95. The van der Waals surface area contributed by atoms with Crippen LogP contribution in [-0.2, 0) is 9.47 Å².